The Labute approximate surface area is 222 Å². The molecule has 0 spiro atoms. The topological polar surface area (TPSA) is 140 Å². The van der Waals surface area contributed by atoms with Gasteiger partial charge in [-0.15, -0.1) is 10.2 Å². The molecule has 2 N–H and O–H groups in total. The second kappa shape index (κ2) is 12.5. The van der Waals surface area contributed by atoms with Gasteiger partial charge >= 0.3 is 0 Å². The zero-order chi connectivity index (χ0) is 26.3. The fraction of sp³-hybridized carbons (Fsp3) is 0.304. The summed E-state index contributed by atoms with van der Waals surface area (Å²) in [6.45, 7) is 3.77. The van der Waals surface area contributed by atoms with Gasteiger partial charge in [-0.25, -0.2) is 8.42 Å². The maximum atomic E-state index is 12.7. The van der Waals surface area contributed by atoms with Crippen molar-refractivity contribution in [2.45, 2.75) is 16.2 Å². The Hall–Kier alpha value is -3.04. The molecule has 0 bridgehead atoms. The zero-order valence-electron chi connectivity index (χ0n) is 19.9. The fourth-order valence-corrected chi connectivity index (χ4v) is 6.28. The molecule has 11 nitrogen and oxygen atoms in total. The molecular weight excluding hydrogens is 538 g/mol. The van der Waals surface area contributed by atoms with Crippen molar-refractivity contribution < 1.29 is 27.5 Å². The highest BCUT2D eigenvalue weighted by Gasteiger charge is 2.26. The van der Waals surface area contributed by atoms with Crippen molar-refractivity contribution in [1.29, 1.82) is 0 Å². The monoisotopic (exact) mass is 563 g/mol. The van der Waals surface area contributed by atoms with Gasteiger partial charge in [0.1, 0.15) is 5.75 Å². The van der Waals surface area contributed by atoms with Crippen LogP contribution in [0.4, 0.5) is 10.8 Å². The van der Waals surface area contributed by atoms with Crippen molar-refractivity contribution in [3.05, 3.63) is 54.1 Å². The number of thioether (sulfide) groups is 1. The van der Waals surface area contributed by atoms with E-state index in [4.69, 9.17) is 9.47 Å². The van der Waals surface area contributed by atoms with E-state index in [9.17, 15) is 18.0 Å². The predicted octanol–water partition coefficient (Wildman–Crippen LogP) is 2.94. The van der Waals surface area contributed by atoms with E-state index in [1.807, 2.05) is 6.92 Å². The van der Waals surface area contributed by atoms with E-state index in [0.717, 1.165) is 17.1 Å². The van der Waals surface area contributed by atoms with Gasteiger partial charge in [-0.2, -0.15) is 4.31 Å². The first-order valence-electron chi connectivity index (χ1n) is 11.3. The minimum Gasteiger partial charge on any atom is -0.494 e. The van der Waals surface area contributed by atoms with E-state index in [0.29, 0.717) is 42.9 Å². The molecule has 0 saturated carbocycles. The van der Waals surface area contributed by atoms with E-state index in [-0.39, 0.29) is 27.3 Å². The summed E-state index contributed by atoms with van der Waals surface area (Å²) in [7, 11) is -3.64. The van der Waals surface area contributed by atoms with Crippen LogP contribution in [-0.2, 0) is 19.6 Å². The Morgan fingerprint density at radius 2 is 1.76 bits per heavy atom. The van der Waals surface area contributed by atoms with Gasteiger partial charge in [-0.05, 0) is 55.5 Å². The van der Waals surface area contributed by atoms with Gasteiger partial charge in [0.15, 0.2) is 4.34 Å². The smallest absolute Gasteiger partial charge is 0.257 e. The lowest BCUT2D eigenvalue weighted by Crippen LogP contribution is -2.40. The lowest BCUT2D eigenvalue weighted by Gasteiger charge is -2.26. The van der Waals surface area contributed by atoms with Crippen molar-refractivity contribution in [3.8, 4) is 5.75 Å². The summed E-state index contributed by atoms with van der Waals surface area (Å²) in [5.41, 5.74) is 0.933. The number of carbonyl (C=O) groups is 2. The van der Waals surface area contributed by atoms with Crippen molar-refractivity contribution in [3.63, 3.8) is 0 Å². The second-order valence-corrected chi connectivity index (χ2v) is 11.8. The van der Waals surface area contributed by atoms with Crippen LogP contribution in [-0.4, -0.2) is 73.4 Å². The number of amides is 2. The van der Waals surface area contributed by atoms with Gasteiger partial charge in [-0.1, -0.05) is 23.1 Å². The van der Waals surface area contributed by atoms with Crippen LogP contribution in [0.15, 0.2) is 57.8 Å². The first-order chi connectivity index (χ1) is 17.8. The molecule has 2 heterocycles. The maximum absolute atomic E-state index is 12.7. The zero-order valence-corrected chi connectivity index (χ0v) is 22.3. The highest BCUT2D eigenvalue weighted by atomic mass is 32.2. The molecule has 14 heteroatoms. The Morgan fingerprint density at radius 3 is 2.43 bits per heavy atom. The van der Waals surface area contributed by atoms with Crippen molar-refractivity contribution in [2.24, 2.45) is 0 Å². The number of carbonyl (C=O) groups excluding carboxylic acids is 2. The summed E-state index contributed by atoms with van der Waals surface area (Å²) < 4.78 is 37.9. The quantitative estimate of drug-likeness (QED) is 0.281. The number of ether oxygens (including phenoxy) is 2. The fourth-order valence-electron chi connectivity index (χ4n) is 3.33. The normalized spacial score (nSPS) is 14.2. The molecule has 1 aromatic heterocycles. The molecule has 4 rings (SSSR count). The van der Waals surface area contributed by atoms with Crippen LogP contribution in [0.3, 0.4) is 0 Å². The minimum atomic E-state index is -3.64. The predicted molar refractivity (Wildman–Crippen MR) is 141 cm³/mol. The number of sulfonamides is 1. The van der Waals surface area contributed by atoms with E-state index >= 15 is 0 Å². The Morgan fingerprint density at radius 1 is 1.05 bits per heavy atom. The minimum absolute atomic E-state index is 0.115. The first-order valence-corrected chi connectivity index (χ1v) is 14.6. The molecule has 0 atom stereocenters. The lowest BCUT2D eigenvalue weighted by molar-refractivity contribution is -0.113. The van der Waals surface area contributed by atoms with Crippen molar-refractivity contribution in [1.82, 2.24) is 14.5 Å². The summed E-state index contributed by atoms with van der Waals surface area (Å²) >= 11 is 2.33. The molecule has 196 valence electrons. The van der Waals surface area contributed by atoms with E-state index in [1.54, 1.807) is 24.3 Å². The largest absolute Gasteiger partial charge is 0.494 e. The van der Waals surface area contributed by atoms with Crippen LogP contribution in [0.25, 0.3) is 0 Å². The molecule has 1 aliphatic rings. The van der Waals surface area contributed by atoms with Gasteiger partial charge in [-0.3, -0.25) is 14.9 Å². The molecule has 0 unspecified atom stereocenters. The van der Waals surface area contributed by atoms with Crippen LogP contribution >= 0.6 is 23.1 Å². The van der Waals surface area contributed by atoms with Gasteiger partial charge < -0.3 is 14.8 Å². The highest BCUT2D eigenvalue weighted by Crippen LogP contribution is 2.26. The third-order valence-electron chi connectivity index (χ3n) is 5.13. The Balaban J connectivity index is 1.27. The number of benzene rings is 2. The summed E-state index contributed by atoms with van der Waals surface area (Å²) in [4.78, 5) is 24.9. The van der Waals surface area contributed by atoms with Crippen LogP contribution in [0.2, 0.25) is 0 Å². The van der Waals surface area contributed by atoms with Gasteiger partial charge in [0.05, 0.1) is 30.5 Å². The average molecular weight is 564 g/mol. The van der Waals surface area contributed by atoms with Crippen LogP contribution < -0.4 is 15.4 Å². The summed E-state index contributed by atoms with van der Waals surface area (Å²) in [6.07, 6.45) is 0. The van der Waals surface area contributed by atoms with Gasteiger partial charge in [0.25, 0.3) is 5.91 Å². The molecule has 2 amide bonds. The van der Waals surface area contributed by atoms with Crippen LogP contribution in [0.5, 0.6) is 5.75 Å². The molecule has 1 saturated heterocycles. The number of nitrogens with one attached hydrogen (secondary N) is 2. The molecule has 1 aliphatic heterocycles. The SMILES string of the molecule is CCOc1ccc(NC(=O)CSc2nnc(NC(=O)c3ccc(S(=O)(=O)N4CCOCC4)cc3)s2)cc1. The molecule has 3 aromatic rings. The first kappa shape index (κ1) is 27.0. The number of aromatic nitrogens is 2. The van der Waals surface area contributed by atoms with Gasteiger partial charge in [0.2, 0.25) is 21.1 Å². The maximum Gasteiger partial charge on any atom is 0.257 e. The number of anilines is 2. The molecule has 37 heavy (non-hydrogen) atoms. The molecule has 0 radical (unpaired) electrons. The third kappa shape index (κ3) is 7.26. The van der Waals surface area contributed by atoms with Gasteiger partial charge in [0, 0.05) is 24.3 Å². The third-order valence-corrected chi connectivity index (χ3v) is 9.01. The number of hydrogen-bond acceptors (Lipinski definition) is 10. The Bertz CT molecular complexity index is 1320. The van der Waals surface area contributed by atoms with Crippen LogP contribution in [0, 0.1) is 0 Å². The second-order valence-electron chi connectivity index (χ2n) is 7.66. The van der Waals surface area contributed by atoms with Crippen LogP contribution in [0.1, 0.15) is 17.3 Å². The molecule has 1 fully saturated rings. The van der Waals surface area contributed by atoms with Crippen molar-refractivity contribution >= 4 is 55.8 Å². The van der Waals surface area contributed by atoms with Crippen molar-refractivity contribution in [2.75, 3.05) is 49.3 Å². The number of morpholine rings is 1. The number of nitrogens with zero attached hydrogens (tertiary/aromatic N) is 3. The molecular formula is C23H25N5O6S3. The lowest BCUT2D eigenvalue weighted by atomic mass is 10.2. The Kier molecular flexibility index (Phi) is 9.10. The summed E-state index contributed by atoms with van der Waals surface area (Å²) in [5, 5.41) is 13.7. The average Bonchev–Trinajstić information content (AvgIpc) is 3.36. The summed E-state index contributed by atoms with van der Waals surface area (Å²) in [6, 6.07) is 12.8. The number of rotatable bonds is 10. The molecule has 2 aromatic carbocycles. The van der Waals surface area contributed by atoms with E-state index in [1.165, 1.54) is 40.3 Å². The van der Waals surface area contributed by atoms with E-state index in [2.05, 4.69) is 20.8 Å². The summed E-state index contributed by atoms with van der Waals surface area (Å²) in [5.74, 6) is 0.195. The van der Waals surface area contributed by atoms with E-state index < -0.39 is 15.9 Å². The standard InChI is InChI=1S/C23H25N5O6S3/c1-2-34-18-7-5-17(6-8-18)24-20(29)15-35-23-27-26-22(36-23)25-21(30)16-3-9-19(10-4-16)37(31,32)28-11-13-33-14-12-28/h3-10H,2,11-15H2,1H3,(H,24,29)(H,25,26,30). The highest BCUT2D eigenvalue weighted by molar-refractivity contribution is 8.01. The molecule has 0 aliphatic carbocycles. The number of hydrogen-bond donors (Lipinski definition) is 2.